The lowest BCUT2D eigenvalue weighted by Crippen LogP contribution is -2.50. The van der Waals surface area contributed by atoms with Crippen LogP contribution >= 0.6 is 0 Å². The summed E-state index contributed by atoms with van der Waals surface area (Å²) in [5.74, 6) is 1.99. The molecule has 0 N–H and O–H groups in total. The number of aromatic nitrogens is 4. The molecule has 0 aromatic carbocycles. The van der Waals surface area contributed by atoms with Gasteiger partial charge >= 0.3 is 0 Å². The molecular formula is C19H24N6O3. The molecular weight excluding hydrogens is 360 g/mol. The van der Waals surface area contributed by atoms with Crippen LogP contribution in [0.3, 0.4) is 0 Å². The molecule has 9 nitrogen and oxygen atoms in total. The zero-order chi connectivity index (χ0) is 19.3. The van der Waals surface area contributed by atoms with Crippen molar-refractivity contribution in [2.24, 2.45) is 0 Å². The third-order valence-corrected chi connectivity index (χ3v) is 5.08. The van der Waals surface area contributed by atoms with Crippen LogP contribution in [0.5, 0.6) is 0 Å². The van der Waals surface area contributed by atoms with Crippen LogP contribution in [0.4, 0.5) is 0 Å². The van der Waals surface area contributed by atoms with Crippen LogP contribution in [-0.4, -0.2) is 62.1 Å². The van der Waals surface area contributed by atoms with E-state index in [0.29, 0.717) is 25.4 Å². The molecule has 1 amide bonds. The third kappa shape index (κ3) is 3.84. The quantitative estimate of drug-likeness (QED) is 0.616. The monoisotopic (exact) mass is 384 g/mol. The highest BCUT2D eigenvalue weighted by atomic mass is 16.3. The first-order valence-corrected chi connectivity index (χ1v) is 9.61. The number of furan rings is 2. The van der Waals surface area contributed by atoms with Crippen LogP contribution in [0.15, 0.2) is 45.6 Å². The third-order valence-electron chi connectivity index (χ3n) is 5.08. The Morgan fingerprint density at radius 3 is 2.61 bits per heavy atom. The molecule has 0 unspecified atom stereocenters. The smallest absolute Gasteiger partial charge is 0.289 e. The van der Waals surface area contributed by atoms with Gasteiger partial charge in [0.05, 0.1) is 18.6 Å². The number of amides is 1. The number of carbonyl (C=O) groups is 1. The van der Waals surface area contributed by atoms with E-state index in [1.54, 1.807) is 23.1 Å². The lowest BCUT2D eigenvalue weighted by atomic mass is 10.1. The second-order valence-electron chi connectivity index (χ2n) is 6.88. The van der Waals surface area contributed by atoms with E-state index in [4.69, 9.17) is 8.83 Å². The number of rotatable bonds is 7. The van der Waals surface area contributed by atoms with Crippen molar-refractivity contribution in [3.8, 4) is 0 Å². The minimum Gasteiger partial charge on any atom is -0.467 e. The van der Waals surface area contributed by atoms with Crippen molar-refractivity contribution in [3.05, 3.63) is 54.1 Å². The first kappa shape index (κ1) is 18.4. The minimum atomic E-state index is -0.0562. The summed E-state index contributed by atoms with van der Waals surface area (Å²) in [6.45, 7) is 5.51. The Morgan fingerprint density at radius 2 is 1.93 bits per heavy atom. The fraction of sp³-hybridized carbons (Fsp3) is 0.474. The average Bonchev–Trinajstić information content (AvgIpc) is 3.49. The molecule has 0 aliphatic carbocycles. The molecule has 4 rings (SSSR count). The fourth-order valence-electron chi connectivity index (χ4n) is 3.65. The van der Waals surface area contributed by atoms with Gasteiger partial charge in [-0.15, -0.1) is 5.10 Å². The summed E-state index contributed by atoms with van der Waals surface area (Å²) in [5.41, 5.74) is 0. The molecule has 3 aromatic heterocycles. The van der Waals surface area contributed by atoms with Gasteiger partial charge in [-0.2, -0.15) is 0 Å². The molecule has 1 aliphatic rings. The van der Waals surface area contributed by atoms with Gasteiger partial charge in [-0.1, -0.05) is 13.3 Å². The molecule has 9 heteroatoms. The predicted molar refractivity (Wildman–Crippen MR) is 99.5 cm³/mol. The SMILES string of the molecule is CCC[C@H](c1nnnn1Cc1ccco1)N1CCN(C(=O)c2ccco2)CC1. The zero-order valence-corrected chi connectivity index (χ0v) is 15.9. The molecule has 0 spiro atoms. The van der Waals surface area contributed by atoms with Gasteiger partial charge in [0.2, 0.25) is 0 Å². The van der Waals surface area contributed by atoms with Crippen molar-refractivity contribution < 1.29 is 13.6 Å². The van der Waals surface area contributed by atoms with Crippen LogP contribution in [0.25, 0.3) is 0 Å². The molecule has 0 saturated carbocycles. The van der Waals surface area contributed by atoms with Gasteiger partial charge in [0.25, 0.3) is 5.91 Å². The Kier molecular flexibility index (Phi) is 5.52. The summed E-state index contributed by atoms with van der Waals surface area (Å²) in [6, 6.07) is 7.32. The second-order valence-corrected chi connectivity index (χ2v) is 6.88. The predicted octanol–water partition coefficient (Wildman–Crippen LogP) is 2.21. The first-order valence-electron chi connectivity index (χ1n) is 9.61. The van der Waals surface area contributed by atoms with Crippen LogP contribution in [0.2, 0.25) is 0 Å². The minimum absolute atomic E-state index is 0.0562. The largest absolute Gasteiger partial charge is 0.467 e. The van der Waals surface area contributed by atoms with E-state index in [0.717, 1.165) is 37.5 Å². The molecule has 1 atom stereocenters. The van der Waals surface area contributed by atoms with E-state index < -0.39 is 0 Å². The number of piperazine rings is 1. The summed E-state index contributed by atoms with van der Waals surface area (Å²) in [6.07, 6.45) is 5.15. The summed E-state index contributed by atoms with van der Waals surface area (Å²) in [4.78, 5) is 16.7. The molecule has 28 heavy (non-hydrogen) atoms. The molecule has 148 valence electrons. The Balaban J connectivity index is 1.45. The van der Waals surface area contributed by atoms with E-state index in [1.165, 1.54) is 6.26 Å². The Bertz CT molecular complexity index is 866. The number of carbonyl (C=O) groups excluding carboxylic acids is 1. The maximum atomic E-state index is 12.5. The number of hydrogen-bond acceptors (Lipinski definition) is 7. The second kappa shape index (κ2) is 8.39. The topological polar surface area (TPSA) is 93.4 Å². The van der Waals surface area contributed by atoms with Gasteiger partial charge in [-0.05, 0) is 41.1 Å². The van der Waals surface area contributed by atoms with Crippen molar-refractivity contribution in [1.82, 2.24) is 30.0 Å². The molecule has 1 saturated heterocycles. The maximum Gasteiger partial charge on any atom is 0.289 e. The lowest BCUT2D eigenvalue weighted by molar-refractivity contribution is 0.0514. The first-order chi connectivity index (χ1) is 13.8. The highest BCUT2D eigenvalue weighted by Crippen LogP contribution is 2.26. The highest BCUT2D eigenvalue weighted by molar-refractivity contribution is 5.91. The molecule has 0 bridgehead atoms. The van der Waals surface area contributed by atoms with E-state index in [-0.39, 0.29) is 11.9 Å². The number of tetrazole rings is 1. The van der Waals surface area contributed by atoms with Gasteiger partial charge in [0.1, 0.15) is 12.3 Å². The van der Waals surface area contributed by atoms with Gasteiger partial charge in [-0.3, -0.25) is 9.69 Å². The Morgan fingerprint density at radius 1 is 1.14 bits per heavy atom. The normalized spacial score (nSPS) is 16.4. The summed E-state index contributed by atoms with van der Waals surface area (Å²) in [7, 11) is 0. The molecule has 3 aromatic rings. The van der Waals surface area contributed by atoms with Crippen molar-refractivity contribution >= 4 is 5.91 Å². The summed E-state index contributed by atoms with van der Waals surface area (Å²) < 4.78 is 12.5. The zero-order valence-electron chi connectivity index (χ0n) is 15.9. The van der Waals surface area contributed by atoms with Gasteiger partial charge < -0.3 is 13.7 Å². The lowest BCUT2D eigenvalue weighted by Gasteiger charge is -2.38. The van der Waals surface area contributed by atoms with E-state index in [9.17, 15) is 4.79 Å². The van der Waals surface area contributed by atoms with Crippen LogP contribution in [-0.2, 0) is 6.54 Å². The van der Waals surface area contributed by atoms with E-state index >= 15 is 0 Å². The Hall–Kier alpha value is -2.94. The van der Waals surface area contributed by atoms with Crippen LogP contribution in [0, 0.1) is 0 Å². The van der Waals surface area contributed by atoms with E-state index in [2.05, 4.69) is 27.3 Å². The van der Waals surface area contributed by atoms with Crippen LogP contribution in [0.1, 0.15) is 47.9 Å². The van der Waals surface area contributed by atoms with Gasteiger partial charge in [0, 0.05) is 26.2 Å². The molecule has 1 aliphatic heterocycles. The molecule has 0 radical (unpaired) electrons. The van der Waals surface area contributed by atoms with Gasteiger partial charge in [0.15, 0.2) is 11.6 Å². The van der Waals surface area contributed by atoms with Crippen molar-refractivity contribution in [1.29, 1.82) is 0 Å². The number of hydrogen-bond donors (Lipinski definition) is 0. The summed E-state index contributed by atoms with van der Waals surface area (Å²) >= 11 is 0. The van der Waals surface area contributed by atoms with Crippen LogP contribution < -0.4 is 0 Å². The van der Waals surface area contributed by atoms with Gasteiger partial charge in [-0.25, -0.2) is 4.68 Å². The molecule has 1 fully saturated rings. The maximum absolute atomic E-state index is 12.5. The fourth-order valence-corrected chi connectivity index (χ4v) is 3.65. The average molecular weight is 384 g/mol. The highest BCUT2D eigenvalue weighted by Gasteiger charge is 2.30. The molecule has 4 heterocycles. The van der Waals surface area contributed by atoms with E-state index in [1.807, 2.05) is 17.0 Å². The standard InChI is InChI=1S/C19H24N6O3/c1-2-5-16(18-20-21-22-25(18)14-15-6-3-12-27-15)23-8-10-24(11-9-23)19(26)17-7-4-13-28-17/h3-4,6-7,12-13,16H,2,5,8-11,14H2,1H3/t16-/m1/s1. The summed E-state index contributed by atoms with van der Waals surface area (Å²) in [5, 5.41) is 12.4. The van der Waals surface area contributed by atoms with Crippen molar-refractivity contribution in [2.45, 2.75) is 32.4 Å². The van der Waals surface area contributed by atoms with Crippen molar-refractivity contribution in [3.63, 3.8) is 0 Å². The Labute approximate surface area is 162 Å². The number of nitrogens with zero attached hydrogens (tertiary/aromatic N) is 6. The van der Waals surface area contributed by atoms with Crippen molar-refractivity contribution in [2.75, 3.05) is 26.2 Å².